The number of amides is 1. The highest BCUT2D eigenvalue weighted by Crippen LogP contribution is 2.23. The quantitative estimate of drug-likeness (QED) is 0.587. The van der Waals surface area contributed by atoms with E-state index in [1.165, 1.54) is 16.0 Å². The van der Waals surface area contributed by atoms with E-state index in [-0.39, 0.29) is 0 Å². The Labute approximate surface area is 108 Å². The van der Waals surface area contributed by atoms with Gasteiger partial charge in [0.25, 0.3) is 5.91 Å². The molecule has 0 N–H and O–H groups in total. The molecule has 0 aliphatic heterocycles. The molecule has 0 aliphatic carbocycles. The van der Waals surface area contributed by atoms with E-state index < -0.39 is 5.91 Å². The SMILES string of the molecule is COc1cc(C)c(C)cc1CCN(C)C(=O)C=O. The van der Waals surface area contributed by atoms with Gasteiger partial charge in [-0.25, -0.2) is 0 Å². The highest BCUT2D eigenvalue weighted by atomic mass is 16.5. The molecule has 0 heterocycles. The Hall–Kier alpha value is -1.84. The number of methoxy groups -OCH3 is 1. The molecular formula is C14H19NO3. The number of nitrogens with zero attached hydrogens (tertiary/aromatic N) is 1. The zero-order chi connectivity index (χ0) is 13.7. The predicted octanol–water partition coefficient (Wildman–Crippen LogP) is 1.51. The van der Waals surface area contributed by atoms with Gasteiger partial charge < -0.3 is 9.64 Å². The maximum atomic E-state index is 11.1. The number of carbonyl (C=O) groups excluding carboxylic acids is 2. The van der Waals surface area contributed by atoms with Crippen LogP contribution in [0.5, 0.6) is 5.75 Å². The van der Waals surface area contributed by atoms with Crippen LogP contribution in [-0.2, 0) is 16.0 Å². The molecule has 0 fully saturated rings. The molecule has 0 unspecified atom stereocenters. The van der Waals surface area contributed by atoms with Crippen molar-refractivity contribution in [1.82, 2.24) is 4.90 Å². The maximum Gasteiger partial charge on any atom is 0.286 e. The molecule has 0 aliphatic rings. The van der Waals surface area contributed by atoms with Gasteiger partial charge in [-0.15, -0.1) is 0 Å². The molecule has 1 amide bonds. The fourth-order valence-electron chi connectivity index (χ4n) is 1.72. The van der Waals surface area contributed by atoms with Crippen LogP contribution in [-0.4, -0.2) is 37.8 Å². The summed E-state index contributed by atoms with van der Waals surface area (Å²) >= 11 is 0. The van der Waals surface area contributed by atoms with Crippen molar-refractivity contribution < 1.29 is 14.3 Å². The van der Waals surface area contributed by atoms with Crippen molar-refractivity contribution in [2.45, 2.75) is 20.3 Å². The number of hydrogen-bond acceptors (Lipinski definition) is 3. The summed E-state index contributed by atoms with van der Waals surface area (Å²) in [6, 6.07) is 4.06. The molecule has 0 saturated carbocycles. The Morgan fingerprint density at radius 1 is 1.33 bits per heavy atom. The Kier molecular flexibility index (Phi) is 4.89. The first-order chi connectivity index (χ1) is 8.49. The van der Waals surface area contributed by atoms with Crippen LogP contribution in [0.1, 0.15) is 16.7 Å². The van der Waals surface area contributed by atoms with Gasteiger partial charge in [-0.3, -0.25) is 9.59 Å². The largest absolute Gasteiger partial charge is 0.496 e. The normalized spacial score (nSPS) is 10.0. The molecule has 0 atom stereocenters. The van der Waals surface area contributed by atoms with Gasteiger partial charge in [-0.2, -0.15) is 0 Å². The first kappa shape index (κ1) is 14.2. The summed E-state index contributed by atoms with van der Waals surface area (Å²) in [6.45, 7) is 4.57. The van der Waals surface area contributed by atoms with Crippen LogP contribution in [0.15, 0.2) is 12.1 Å². The number of aryl methyl sites for hydroxylation is 2. The van der Waals surface area contributed by atoms with Gasteiger partial charge in [0.15, 0.2) is 0 Å². The number of carbonyl (C=O) groups is 2. The van der Waals surface area contributed by atoms with Gasteiger partial charge >= 0.3 is 0 Å². The van der Waals surface area contributed by atoms with E-state index in [1.807, 2.05) is 19.9 Å². The third-order valence-corrected chi connectivity index (χ3v) is 3.09. The Morgan fingerprint density at radius 3 is 2.50 bits per heavy atom. The number of rotatable bonds is 5. The summed E-state index contributed by atoms with van der Waals surface area (Å²) in [6.07, 6.45) is 0.998. The summed E-state index contributed by atoms with van der Waals surface area (Å²) in [5, 5.41) is 0. The molecule has 1 aromatic rings. The van der Waals surface area contributed by atoms with Gasteiger partial charge in [-0.05, 0) is 43.0 Å². The lowest BCUT2D eigenvalue weighted by Gasteiger charge is -2.16. The van der Waals surface area contributed by atoms with Crippen LogP contribution in [0.4, 0.5) is 0 Å². The van der Waals surface area contributed by atoms with E-state index in [4.69, 9.17) is 4.74 Å². The van der Waals surface area contributed by atoms with Crippen molar-refractivity contribution in [1.29, 1.82) is 0 Å². The number of benzene rings is 1. The molecule has 0 saturated heterocycles. The van der Waals surface area contributed by atoms with Crippen molar-refractivity contribution in [3.63, 3.8) is 0 Å². The average Bonchev–Trinajstić information content (AvgIpc) is 2.38. The summed E-state index contributed by atoms with van der Waals surface area (Å²) in [5.74, 6) is 0.322. The minimum absolute atomic E-state index is 0.331. The smallest absolute Gasteiger partial charge is 0.286 e. The minimum atomic E-state index is -0.502. The van der Waals surface area contributed by atoms with Crippen molar-refractivity contribution >= 4 is 12.2 Å². The molecule has 1 aromatic carbocycles. The van der Waals surface area contributed by atoms with E-state index in [1.54, 1.807) is 14.2 Å². The second kappa shape index (κ2) is 6.19. The molecule has 98 valence electrons. The highest BCUT2D eigenvalue weighted by Gasteiger charge is 2.10. The van der Waals surface area contributed by atoms with Crippen LogP contribution in [0, 0.1) is 13.8 Å². The van der Waals surface area contributed by atoms with Gasteiger partial charge in [0.05, 0.1) is 7.11 Å². The third-order valence-electron chi connectivity index (χ3n) is 3.09. The van der Waals surface area contributed by atoms with Gasteiger partial charge in [0.1, 0.15) is 5.75 Å². The number of likely N-dealkylation sites (N-methyl/N-ethyl adjacent to an activating group) is 1. The lowest BCUT2D eigenvalue weighted by atomic mass is 10.0. The molecule has 1 rings (SSSR count). The van der Waals surface area contributed by atoms with Gasteiger partial charge in [0, 0.05) is 13.6 Å². The second-order valence-electron chi connectivity index (χ2n) is 4.38. The van der Waals surface area contributed by atoms with E-state index in [2.05, 4.69) is 6.07 Å². The van der Waals surface area contributed by atoms with Crippen LogP contribution in [0.25, 0.3) is 0 Å². The van der Waals surface area contributed by atoms with Gasteiger partial charge in [-0.1, -0.05) is 6.07 Å². The summed E-state index contributed by atoms with van der Waals surface area (Å²) in [7, 11) is 3.25. The van der Waals surface area contributed by atoms with Crippen molar-refractivity contribution in [2.24, 2.45) is 0 Å². The summed E-state index contributed by atoms with van der Waals surface area (Å²) < 4.78 is 5.33. The average molecular weight is 249 g/mol. The van der Waals surface area contributed by atoms with Crippen LogP contribution < -0.4 is 4.74 Å². The van der Waals surface area contributed by atoms with Crippen LogP contribution in [0.3, 0.4) is 0 Å². The molecule has 4 nitrogen and oxygen atoms in total. The second-order valence-corrected chi connectivity index (χ2v) is 4.38. The predicted molar refractivity (Wildman–Crippen MR) is 69.9 cm³/mol. The van der Waals surface area contributed by atoms with Crippen molar-refractivity contribution in [3.8, 4) is 5.75 Å². The van der Waals surface area contributed by atoms with E-state index in [9.17, 15) is 9.59 Å². The Bertz CT molecular complexity index is 455. The van der Waals surface area contributed by atoms with Gasteiger partial charge in [0.2, 0.25) is 6.29 Å². The molecule has 0 bridgehead atoms. The molecule has 0 radical (unpaired) electrons. The minimum Gasteiger partial charge on any atom is -0.496 e. The van der Waals surface area contributed by atoms with E-state index in [0.29, 0.717) is 19.3 Å². The fraction of sp³-hybridized carbons (Fsp3) is 0.429. The molecule has 18 heavy (non-hydrogen) atoms. The molecule has 0 aromatic heterocycles. The zero-order valence-corrected chi connectivity index (χ0v) is 11.3. The number of ether oxygens (including phenoxy) is 1. The lowest BCUT2D eigenvalue weighted by Crippen LogP contribution is -2.29. The molecular weight excluding hydrogens is 230 g/mol. The summed E-state index contributed by atoms with van der Waals surface area (Å²) in [4.78, 5) is 22.9. The first-order valence-electron chi connectivity index (χ1n) is 5.84. The number of aldehydes is 1. The fourth-order valence-corrected chi connectivity index (χ4v) is 1.72. The first-order valence-corrected chi connectivity index (χ1v) is 5.84. The Balaban J connectivity index is 2.81. The highest BCUT2D eigenvalue weighted by molar-refractivity contribution is 6.23. The zero-order valence-electron chi connectivity index (χ0n) is 11.3. The van der Waals surface area contributed by atoms with Crippen molar-refractivity contribution in [3.05, 3.63) is 28.8 Å². The van der Waals surface area contributed by atoms with E-state index >= 15 is 0 Å². The third kappa shape index (κ3) is 3.32. The lowest BCUT2D eigenvalue weighted by molar-refractivity contribution is -0.137. The molecule has 4 heteroatoms. The maximum absolute atomic E-state index is 11.1. The Morgan fingerprint density at radius 2 is 1.94 bits per heavy atom. The standard InChI is InChI=1S/C14H19NO3/c1-10-7-12(13(18-4)8-11(10)2)5-6-15(3)14(17)9-16/h7-9H,5-6H2,1-4H3. The van der Waals surface area contributed by atoms with Crippen LogP contribution in [0.2, 0.25) is 0 Å². The summed E-state index contributed by atoms with van der Waals surface area (Å²) in [5.41, 5.74) is 3.41. The topological polar surface area (TPSA) is 46.6 Å². The van der Waals surface area contributed by atoms with Crippen molar-refractivity contribution in [2.75, 3.05) is 20.7 Å². The number of hydrogen-bond donors (Lipinski definition) is 0. The van der Waals surface area contributed by atoms with E-state index in [0.717, 1.165) is 11.3 Å². The van der Waals surface area contributed by atoms with Crippen LogP contribution >= 0.6 is 0 Å². The molecule has 0 spiro atoms. The monoisotopic (exact) mass is 249 g/mol.